The normalized spacial score (nSPS) is 17.6. The maximum absolute atomic E-state index is 12.1. The Morgan fingerprint density at radius 1 is 1.29 bits per heavy atom. The zero-order chi connectivity index (χ0) is 11.8. The molecule has 2 aromatic rings. The van der Waals surface area contributed by atoms with Crippen LogP contribution < -0.4 is 4.74 Å². The van der Waals surface area contributed by atoms with Crippen LogP contribution in [-0.2, 0) is 6.42 Å². The number of ketones is 1. The Morgan fingerprint density at radius 3 is 2.94 bits per heavy atom. The number of carbonyl (C=O) groups is 1. The van der Waals surface area contributed by atoms with E-state index in [0.29, 0.717) is 11.1 Å². The largest absolute Gasteiger partial charge is 0.490 e. The van der Waals surface area contributed by atoms with Crippen molar-refractivity contribution in [3.8, 4) is 5.75 Å². The maximum atomic E-state index is 12.1. The summed E-state index contributed by atoms with van der Waals surface area (Å²) in [4.78, 5) is 12.1. The summed E-state index contributed by atoms with van der Waals surface area (Å²) in [6.07, 6.45) is 4.03. The van der Waals surface area contributed by atoms with E-state index in [4.69, 9.17) is 9.15 Å². The van der Waals surface area contributed by atoms with Crippen LogP contribution in [0.1, 0.15) is 28.4 Å². The van der Waals surface area contributed by atoms with Crippen LogP contribution in [0.15, 0.2) is 41.2 Å². The Kier molecular flexibility index (Phi) is 2.25. The van der Waals surface area contributed by atoms with E-state index in [1.807, 2.05) is 19.1 Å². The summed E-state index contributed by atoms with van der Waals surface area (Å²) in [5.41, 5.74) is 2.37. The molecular weight excluding hydrogens is 216 g/mol. The Balaban J connectivity index is 1.96. The van der Waals surface area contributed by atoms with Crippen molar-refractivity contribution in [2.75, 3.05) is 0 Å². The van der Waals surface area contributed by atoms with Gasteiger partial charge in [-0.2, -0.15) is 0 Å². The number of carbonyl (C=O) groups excluding carboxylic acids is 1. The van der Waals surface area contributed by atoms with Gasteiger partial charge in [0.05, 0.1) is 11.8 Å². The second kappa shape index (κ2) is 3.77. The van der Waals surface area contributed by atoms with Gasteiger partial charge in [-0.3, -0.25) is 4.79 Å². The third-order valence-electron chi connectivity index (χ3n) is 2.94. The second-order valence-electron chi connectivity index (χ2n) is 4.30. The molecule has 3 rings (SSSR count). The van der Waals surface area contributed by atoms with Crippen LogP contribution in [-0.4, -0.2) is 11.9 Å². The van der Waals surface area contributed by atoms with Crippen molar-refractivity contribution < 1.29 is 13.9 Å². The van der Waals surface area contributed by atoms with Crippen LogP contribution in [0.25, 0.3) is 0 Å². The lowest BCUT2D eigenvalue weighted by molar-refractivity contribution is 0.103. The minimum Gasteiger partial charge on any atom is -0.490 e. The number of hydrogen-bond acceptors (Lipinski definition) is 3. The van der Waals surface area contributed by atoms with Crippen LogP contribution in [0, 0.1) is 0 Å². The van der Waals surface area contributed by atoms with Crippen molar-refractivity contribution in [1.82, 2.24) is 0 Å². The third kappa shape index (κ3) is 1.73. The fraction of sp³-hybridized carbons (Fsp3) is 0.214. The molecule has 1 aliphatic rings. The number of ether oxygens (including phenoxy) is 1. The predicted octanol–water partition coefficient (Wildman–Crippen LogP) is 2.83. The Bertz CT molecular complexity index is 555. The van der Waals surface area contributed by atoms with E-state index in [1.54, 1.807) is 12.1 Å². The number of fused-ring (bicyclic) bond motifs is 1. The molecule has 0 radical (unpaired) electrons. The fourth-order valence-electron chi connectivity index (χ4n) is 2.12. The molecule has 1 aromatic carbocycles. The molecule has 0 fully saturated rings. The molecule has 0 saturated carbocycles. The lowest BCUT2D eigenvalue weighted by Crippen LogP contribution is -2.05. The zero-order valence-electron chi connectivity index (χ0n) is 9.47. The van der Waals surface area contributed by atoms with Gasteiger partial charge in [0.2, 0.25) is 0 Å². The van der Waals surface area contributed by atoms with E-state index < -0.39 is 0 Å². The van der Waals surface area contributed by atoms with Gasteiger partial charge in [-0.15, -0.1) is 0 Å². The molecule has 2 heterocycles. The maximum Gasteiger partial charge on any atom is 0.196 e. The van der Waals surface area contributed by atoms with E-state index >= 15 is 0 Å². The van der Waals surface area contributed by atoms with E-state index in [-0.39, 0.29) is 11.9 Å². The number of rotatable bonds is 2. The number of benzene rings is 1. The molecule has 86 valence electrons. The first-order valence-corrected chi connectivity index (χ1v) is 5.60. The standard InChI is InChI=1S/C14H12O3/c1-9-6-12-7-10(2-3-13(12)17-9)14(15)11-4-5-16-8-11/h2-5,7-9H,6H2,1H3. The van der Waals surface area contributed by atoms with Gasteiger partial charge in [0, 0.05) is 12.0 Å². The van der Waals surface area contributed by atoms with E-state index in [9.17, 15) is 4.79 Å². The molecule has 0 bridgehead atoms. The van der Waals surface area contributed by atoms with E-state index in [1.165, 1.54) is 12.5 Å². The van der Waals surface area contributed by atoms with Gasteiger partial charge >= 0.3 is 0 Å². The quantitative estimate of drug-likeness (QED) is 0.742. The first-order valence-electron chi connectivity index (χ1n) is 5.60. The van der Waals surface area contributed by atoms with Crippen molar-refractivity contribution >= 4 is 5.78 Å². The highest BCUT2D eigenvalue weighted by molar-refractivity contribution is 6.08. The fourth-order valence-corrected chi connectivity index (χ4v) is 2.12. The summed E-state index contributed by atoms with van der Waals surface area (Å²) >= 11 is 0. The van der Waals surface area contributed by atoms with Crippen molar-refractivity contribution in [3.05, 3.63) is 53.5 Å². The average Bonchev–Trinajstić information content (AvgIpc) is 2.94. The van der Waals surface area contributed by atoms with Crippen molar-refractivity contribution in [1.29, 1.82) is 0 Å². The molecule has 0 spiro atoms. The molecule has 17 heavy (non-hydrogen) atoms. The van der Waals surface area contributed by atoms with E-state index in [2.05, 4.69) is 0 Å². The second-order valence-corrected chi connectivity index (χ2v) is 4.30. The van der Waals surface area contributed by atoms with Crippen LogP contribution >= 0.6 is 0 Å². The van der Waals surface area contributed by atoms with Gasteiger partial charge in [0.1, 0.15) is 18.1 Å². The first-order chi connectivity index (χ1) is 8.24. The van der Waals surface area contributed by atoms with E-state index in [0.717, 1.165) is 17.7 Å². The summed E-state index contributed by atoms with van der Waals surface area (Å²) in [5, 5.41) is 0. The SMILES string of the molecule is CC1Cc2cc(C(=O)c3ccoc3)ccc2O1. The van der Waals surface area contributed by atoms with Crippen LogP contribution in [0.3, 0.4) is 0 Å². The Labute approximate surface area is 99.0 Å². The van der Waals surface area contributed by atoms with Crippen LogP contribution in [0.2, 0.25) is 0 Å². The molecule has 1 unspecified atom stereocenters. The van der Waals surface area contributed by atoms with Crippen molar-refractivity contribution in [2.45, 2.75) is 19.4 Å². The Morgan fingerprint density at radius 2 is 2.18 bits per heavy atom. The molecule has 0 N–H and O–H groups in total. The molecule has 1 atom stereocenters. The summed E-state index contributed by atoms with van der Waals surface area (Å²) < 4.78 is 10.5. The lowest BCUT2D eigenvalue weighted by atomic mass is 10.0. The first kappa shape index (κ1) is 10.1. The predicted molar refractivity (Wildman–Crippen MR) is 62.4 cm³/mol. The highest BCUT2D eigenvalue weighted by atomic mass is 16.5. The van der Waals surface area contributed by atoms with Gasteiger partial charge in [-0.1, -0.05) is 0 Å². The topological polar surface area (TPSA) is 39.4 Å². The lowest BCUT2D eigenvalue weighted by Gasteiger charge is -2.02. The highest BCUT2D eigenvalue weighted by Crippen LogP contribution is 2.30. The molecular formula is C14H12O3. The van der Waals surface area contributed by atoms with Crippen LogP contribution in [0.4, 0.5) is 0 Å². The Hall–Kier alpha value is -2.03. The summed E-state index contributed by atoms with van der Waals surface area (Å²) in [5.74, 6) is 0.877. The van der Waals surface area contributed by atoms with Gasteiger partial charge in [0.15, 0.2) is 5.78 Å². The molecule has 1 aliphatic heterocycles. The molecule has 3 heteroatoms. The van der Waals surface area contributed by atoms with Crippen LogP contribution in [0.5, 0.6) is 5.75 Å². The third-order valence-corrected chi connectivity index (χ3v) is 2.94. The van der Waals surface area contributed by atoms with Gasteiger partial charge in [-0.25, -0.2) is 0 Å². The molecule has 3 nitrogen and oxygen atoms in total. The monoisotopic (exact) mass is 228 g/mol. The summed E-state index contributed by atoms with van der Waals surface area (Å²) in [6, 6.07) is 7.25. The van der Waals surface area contributed by atoms with Gasteiger partial charge in [0.25, 0.3) is 0 Å². The van der Waals surface area contributed by atoms with Gasteiger partial charge in [-0.05, 0) is 36.8 Å². The highest BCUT2D eigenvalue weighted by Gasteiger charge is 2.20. The summed E-state index contributed by atoms with van der Waals surface area (Å²) in [7, 11) is 0. The number of furan rings is 1. The van der Waals surface area contributed by atoms with Crippen molar-refractivity contribution in [3.63, 3.8) is 0 Å². The molecule has 0 amide bonds. The van der Waals surface area contributed by atoms with Crippen molar-refractivity contribution in [2.24, 2.45) is 0 Å². The minimum absolute atomic E-state index is 0.0129. The average molecular weight is 228 g/mol. The molecule has 1 aromatic heterocycles. The molecule has 0 saturated heterocycles. The zero-order valence-corrected chi connectivity index (χ0v) is 9.47. The smallest absolute Gasteiger partial charge is 0.196 e. The summed E-state index contributed by atoms with van der Waals surface area (Å²) in [6.45, 7) is 2.03. The van der Waals surface area contributed by atoms with Gasteiger partial charge < -0.3 is 9.15 Å². The molecule has 0 aliphatic carbocycles. The number of hydrogen-bond donors (Lipinski definition) is 0. The minimum atomic E-state index is -0.0129.